The minimum Gasteiger partial charge on any atom is -0.497 e. The van der Waals surface area contributed by atoms with Crippen LogP contribution in [0.5, 0.6) is 5.75 Å². The second-order valence-electron chi connectivity index (χ2n) is 6.19. The van der Waals surface area contributed by atoms with Crippen LogP contribution in [0, 0.1) is 23.2 Å². The van der Waals surface area contributed by atoms with Gasteiger partial charge >= 0.3 is 11.9 Å². The summed E-state index contributed by atoms with van der Waals surface area (Å²) in [6, 6.07) is 7.12. The number of esters is 2. The van der Waals surface area contributed by atoms with E-state index in [1.54, 1.807) is 45.2 Å². The van der Waals surface area contributed by atoms with Crippen molar-refractivity contribution in [3.8, 4) is 17.6 Å². The van der Waals surface area contributed by atoms with Crippen LogP contribution in [0.4, 0.5) is 0 Å². The molecule has 2 rings (SSSR count). The summed E-state index contributed by atoms with van der Waals surface area (Å²) in [6.07, 6.45) is 6.35. The van der Waals surface area contributed by atoms with Crippen molar-refractivity contribution in [2.45, 2.75) is 33.1 Å². The summed E-state index contributed by atoms with van der Waals surface area (Å²) >= 11 is 0. The van der Waals surface area contributed by atoms with Crippen molar-refractivity contribution < 1.29 is 23.8 Å². The van der Waals surface area contributed by atoms with Gasteiger partial charge in [-0.3, -0.25) is 0 Å². The number of methoxy groups -OCH3 is 1. The minimum atomic E-state index is -1.66. The van der Waals surface area contributed by atoms with Crippen molar-refractivity contribution in [3.05, 3.63) is 42.0 Å². The van der Waals surface area contributed by atoms with E-state index >= 15 is 0 Å². The van der Waals surface area contributed by atoms with Crippen molar-refractivity contribution in [1.29, 1.82) is 0 Å². The Morgan fingerprint density at radius 1 is 1.11 bits per heavy atom. The lowest BCUT2D eigenvalue weighted by molar-refractivity contribution is -0.170. The van der Waals surface area contributed by atoms with Crippen LogP contribution >= 0.6 is 0 Å². The maximum absolute atomic E-state index is 12.9. The summed E-state index contributed by atoms with van der Waals surface area (Å²) in [5.74, 6) is 4.93. The fraction of sp³-hybridized carbons (Fsp3) is 0.455. The maximum Gasteiger partial charge on any atom is 0.336 e. The fourth-order valence-electron chi connectivity index (χ4n) is 3.09. The quantitative estimate of drug-likeness (QED) is 0.332. The molecular weight excluding hydrogens is 344 g/mol. The third-order valence-electron chi connectivity index (χ3n) is 4.50. The molecule has 0 radical (unpaired) electrons. The Hall–Kier alpha value is -2.74. The summed E-state index contributed by atoms with van der Waals surface area (Å²) in [5.41, 5.74) is -0.989. The van der Waals surface area contributed by atoms with Crippen LogP contribution in [0.3, 0.4) is 0 Å². The molecule has 0 N–H and O–H groups in total. The van der Waals surface area contributed by atoms with Crippen molar-refractivity contribution in [3.63, 3.8) is 0 Å². The molecule has 144 valence electrons. The van der Waals surface area contributed by atoms with E-state index in [4.69, 9.17) is 14.2 Å². The average Bonchev–Trinajstić information content (AvgIpc) is 2.70. The minimum absolute atomic E-state index is 0.167. The van der Waals surface area contributed by atoms with Crippen molar-refractivity contribution in [1.82, 2.24) is 0 Å². The van der Waals surface area contributed by atoms with Gasteiger partial charge in [0.05, 0.1) is 20.3 Å². The number of hydrogen-bond acceptors (Lipinski definition) is 5. The van der Waals surface area contributed by atoms with Crippen molar-refractivity contribution in [2.24, 2.45) is 11.3 Å². The van der Waals surface area contributed by atoms with E-state index in [0.29, 0.717) is 17.7 Å². The highest BCUT2D eigenvalue weighted by atomic mass is 16.6. The first-order valence-corrected chi connectivity index (χ1v) is 9.26. The van der Waals surface area contributed by atoms with E-state index in [1.807, 2.05) is 12.2 Å². The van der Waals surface area contributed by atoms with Crippen molar-refractivity contribution >= 4 is 11.9 Å². The van der Waals surface area contributed by atoms with E-state index in [2.05, 4.69) is 11.8 Å². The van der Waals surface area contributed by atoms with Gasteiger partial charge in [0.1, 0.15) is 5.75 Å². The Morgan fingerprint density at radius 2 is 1.74 bits per heavy atom. The molecule has 5 heteroatoms. The van der Waals surface area contributed by atoms with Gasteiger partial charge in [0.15, 0.2) is 0 Å². The number of benzene rings is 1. The first-order chi connectivity index (χ1) is 13.1. The summed E-state index contributed by atoms with van der Waals surface area (Å²) in [5, 5.41) is 0. The predicted octanol–water partition coefficient (Wildman–Crippen LogP) is 3.52. The Kier molecular flexibility index (Phi) is 7.48. The highest BCUT2D eigenvalue weighted by molar-refractivity contribution is 6.04. The molecule has 5 nitrogen and oxygen atoms in total. The molecule has 1 aromatic carbocycles. The van der Waals surface area contributed by atoms with Gasteiger partial charge in [0.2, 0.25) is 5.41 Å². The summed E-state index contributed by atoms with van der Waals surface area (Å²) in [7, 11) is 1.59. The molecular formula is C22H26O5. The number of hydrogen-bond donors (Lipinski definition) is 0. The Bertz CT molecular complexity index is 718. The molecule has 0 aromatic heterocycles. The lowest BCUT2D eigenvalue weighted by Crippen LogP contribution is -2.47. The van der Waals surface area contributed by atoms with Crippen LogP contribution < -0.4 is 4.74 Å². The van der Waals surface area contributed by atoms with Gasteiger partial charge in [-0.1, -0.05) is 24.0 Å². The zero-order chi connectivity index (χ0) is 19.7. The van der Waals surface area contributed by atoms with Gasteiger partial charge in [-0.15, -0.1) is 0 Å². The van der Waals surface area contributed by atoms with Crippen LogP contribution in [0.2, 0.25) is 0 Å². The standard InChI is InChI=1S/C22H26O5/c1-4-26-20(23)22(21(24)27-5-2,18-9-7-6-8-10-18)16-15-17-11-13-19(25-3)14-12-17/h7,9,11-14,18H,4-6,8,10H2,1-3H3. The van der Waals surface area contributed by atoms with Crippen LogP contribution in [0.1, 0.15) is 38.7 Å². The predicted molar refractivity (Wildman–Crippen MR) is 102 cm³/mol. The van der Waals surface area contributed by atoms with E-state index in [-0.39, 0.29) is 19.1 Å². The molecule has 0 amide bonds. The molecule has 0 saturated heterocycles. The maximum atomic E-state index is 12.9. The highest BCUT2D eigenvalue weighted by Crippen LogP contribution is 2.38. The van der Waals surface area contributed by atoms with Gasteiger partial charge in [0.25, 0.3) is 0 Å². The van der Waals surface area contributed by atoms with E-state index in [0.717, 1.165) is 12.8 Å². The van der Waals surface area contributed by atoms with Gasteiger partial charge < -0.3 is 14.2 Å². The largest absolute Gasteiger partial charge is 0.497 e. The van der Waals surface area contributed by atoms with Gasteiger partial charge in [-0.2, -0.15) is 0 Å². The van der Waals surface area contributed by atoms with Crippen LogP contribution in [-0.4, -0.2) is 32.3 Å². The van der Waals surface area contributed by atoms with Crippen LogP contribution in [0.15, 0.2) is 36.4 Å². The molecule has 1 atom stereocenters. The molecule has 0 heterocycles. The Morgan fingerprint density at radius 3 is 2.22 bits per heavy atom. The fourth-order valence-corrected chi connectivity index (χ4v) is 3.09. The number of allylic oxidation sites excluding steroid dienone is 2. The Balaban J connectivity index is 2.53. The molecule has 27 heavy (non-hydrogen) atoms. The second kappa shape index (κ2) is 9.82. The lowest BCUT2D eigenvalue weighted by Gasteiger charge is -2.32. The zero-order valence-corrected chi connectivity index (χ0v) is 16.1. The SMILES string of the molecule is CCOC(=O)C(C#Cc1ccc(OC)cc1)(C(=O)OCC)C1C=CCCC1. The number of ether oxygens (including phenoxy) is 3. The number of carbonyl (C=O) groups is 2. The van der Waals surface area contributed by atoms with Crippen LogP contribution in [-0.2, 0) is 19.1 Å². The van der Waals surface area contributed by atoms with E-state index in [1.165, 1.54) is 0 Å². The van der Waals surface area contributed by atoms with Gasteiger partial charge in [0, 0.05) is 11.5 Å². The monoisotopic (exact) mass is 370 g/mol. The first kappa shape index (κ1) is 20.6. The first-order valence-electron chi connectivity index (χ1n) is 9.26. The second-order valence-corrected chi connectivity index (χ2v) is 6.19. The van der Waals surface area contributed by atoms with E-state index in [9.17, 15) is 9.59 Å². The normalized spacial score (nSPS) is 16.0. The molecule has 0 fully saturated rings. The summed E-state index contributed by atoms with van der Waals surface area (Å²) < 4.78 is 15.7. The van der Waals surface area contributed by atoms with Gasteiger partial charge in [-0.05, 0) is 57.4 Å². The molecule has 1 unspecified atom stereocenters. The van der Waals surface area contributed by atoms with Crippen LogP contribution in [0.25, 0.3) is 0 Å². The topological polar surface area (TPSA) is 61.8 Å². The molecule has 0 bridgehead atoms. The average molecular weight is 370 g/mol. The molecule has 0 spiro atoms. The third kappa shape index (κ3) is 4.71. The molecule has 0 saturated carbocycles. The zero-order valence-electron chi connectivity index (χ0n) is 16.1. The summed E-state index contributed by atoms with van der Waals surface area (Å²) in [4.78, 5) is 25.8. The summed E-state index contributed by atoms with van der Waals surface area (Å²) in [6.45, 7) is 3.75. The Labute approximate surface area is 160 Å². The number of rotatable bonds is 6. The highest BCUT2D eigenvalue weighted by Gasteiger charge is 2.53. The smallest absolute Gasteiger partial charge is 0.336 e. The van der Waals surface area contributed by atoms with Gasteiger partial charge in [-0.25, -0.2) is 9.59 Å². The third-order valence-corrected chi connectivity index (χ3v) is 4.50. The van der Waals surface area contributed by atoms with E-state index < -0.39 is 17.4 Å². The molecule has 1 aromatic rings. The number of carbonyl (C=O) groups excluding carboxylic acids is 2. The lowest BCUT2D eigenvalue weighted by atomic mass is 9.71. The molecule has 1 aliphatic carbocycles. The van der Waals surface area contributed by atoms with Crippen molar-refractivity contribution in [2.75, 3.05) is 20.3 Å². The molecule has 0 aliphatic heterocycles. The molecule has 1 aliphatic rings.